The first kappa shape index (κ1) is 19.1. The summed E-state index contributed by atoms with van der Waals surface area (Å²) < 4.78 is 19.7. The molecule has 0 fully saturated rings. The zero-order chi connectivity index (χ0) is 18.9. The zero-order valence-electron chi connectivity index (χ0n) is 15.7. The maximum Gasteiger partial charge on any atom is 0.129 e. The minimum absolute atomic E-state index is 0.229. The summed E-state index contributed by atoms with van der Waals surface area (Å²) in [5.74, 6) is 0.561. The quantitative estimate of drug-likeness (QED) is 0.541. The Hall–Kier alpha value is -2.65. The molecule has 1 atom stereocenters. The van der Waals surface area contributed by atoms with Gasteiger partial charge >= 0.3 is 0 Å². The molecule has 0 saturated carbocycles. The highest BCUT2D eigenvalue weighted by Gasteiger charge is 2.08. The van der Waals surface area contributed by atoms with Crippen LogP contribution in [0.1, 0.15) is 30.0 Å². The van der Waals surface area contributed by atoms with E-state index in [1.54, 1.807) is 12.1 Å². The second kappa shape index (κ2) is 9.89. The maximum atomic E-state index is 13.8. The van der Waals surface area contributed by atoms with Crippen molar-refractivity contribution in [2.75, 3.05) is 0 Å². The molecule has 3 heteroatoms. The third kappa shape index (κ3) is 5.93. The van der Waals surface area contributed by atoms with E-state index in [0.29, 0.717) is 11.6 Å². The molecule has 0 bridgehead atoms. The average Bonchev–Trinajstić information content (AvgIpc) is 2.71. The van der Waals surface area contributed by atoms with Crippen LogP contribution in [-0.4, -0.2) is 6.04 Å². The van der Waals surface area contributed by atoms with Crippen molar-refractivity contribution in [3.8, 4) is 5.75 Å². The van der Waals surface area contributed by atoms with Crippen LogP contribution < -0.4 is 10.1 Å². The van der Waals surface area contributed by atoms with Gasteiger partial charge in [-0.25, -0.2) is 4.39 Å². The van der Waals surface area contributed by atoms with Crippen molar-refractivity contribution in [2.24, 2.45) is 0 Å². The number of nitrogens with one attached hydrogen (secondary N) is 1. The topological polar surface area (TPSA) is 21.3 Å². The van der Waals surface area contributed by atoms with Gasteiger partial charge in [0.15, 0.2) is 0 Å². The second-order valence-corrected chi connectivity index (χ2v) is 6.79. The molecule has 0 aliphatic carbocycles. The Morgan fingerprint density at radius 1 is 0.852 bits per heavy atom. The van der Waals surface area contributed by atoms with Crippen LogP contribution in [0.2, 0.25) is 0 Å². The number of hydrogen-bond acceptors (Lipinski definition) is 2. The molecular weight excluding hydrogens is 337 g/mol. The van der Waals surface area contributed by atoms with Gasteiger partial charge in [-0.15, -0.1) is 0 Å². The lowest BCUT2D eigenvalue weighted by molar-refractivity contribution is 0.295. The molecule has 3 aromatic rings. The Kier molecular flexibility index (Phi) is 7.00. The van der Waals surface area contributed by atoms with Crippen LogP contribution in [0.3, 0.4) is 0 Å². The van der Waals surface area contributed by atoms with E-state index in [9.17, 15) is 4.39 Å². The molecule has 0 spiro atoms. The number of rotatable bonds is 9. The zero-order valence-corrected chi connectivity index (χ0v) is 15.7. The van der Waals surface area contributed by atoms with Gasteiger partial charge in [-0.2, -0.15) is 0 Å². The van der Waals surface area contributed by atoms with Gasteiger partial charge in [0, 0.05) is 23.7 Å². The third-order valence-electron chi connectivity index (χ3n) is 4.66. The molecule has 0 amide bonds. The molecule has 0 aromatic heterocycles. The summed E-state index contributed by atoms with van der Waals surface area (Å²) in [5, 5.41) is 3.57. The number of benzene rings is 3. The van der Waals surface area contributed by atoms with Gasteiger partial charge < -0.3 is 10.1 Å². The Labute approximate surface area is 161 Å². The molecule has 0 radical (unpaired) electrons. The highest BCUT2D eigenvalue weighted by molar-refractivity contribution is 5.33. The highest BCUT2D eigenvalue weighted by Crippen LogP contribution is 2.20. The van der Waals surface area contributed by atoms with Crippen LogP contribution in [0.25, 0.3) is 0 Å². The largest absolute Gasteiger partial charge is 0.488 e. The molecular formula is C24H26FNO. The first-order valence-corrected chi connectivity index (χ1v) is 9.44. The SMILES string of the molecule is C[C@H](CCc1ccccc1)NCc1ccccc1OCc1ccccc1F. The van der Waals surface area contributed by atoms with Crippen molar-refractivity contribution in [3.63, 3.8) is 0 Å². The summed E-state index contributed by atoms with van der Waals surface area (Å²) in [6.07, 6.45) is 2.13. The van der Waals surface area contributed by atoms with Crippen LogP contribution in [0.15, 0.2) is 78.9 Å². The standard InChI is InChI=1S/C24H26FNO/c1-19(15-16-20-9-3-2-4-10-20)26-17-21-11-6-8-14-24(21)27-18-22-12-5-7-13-23(22)25/h2-14,19,26H,15-18H2,1H3/t19-/m1/s1. The van der Waals surface area contributed by atoms with Gasteiger partial charge in [-0.05, 0) is 37.5 Å². The Morgan fingerprint density at radius 2 is 1.52 bits per heavy atom. The number of hydrogen-bond donors (Lipinski definition) is 1. The smallest absolute Gasteiger partial charge is 0.129 e. The Morgan fingerprint density at radius 3 is 2.30 bits per heavy atom. The van der Waals surface area contributed by atoms with Gasteiger partial charge in [0.2, 0.25) is 0 Å². The van der Waals surface area contributed by atoms with Crippen LogP contribution >= 0.6 is 0 Å². The van der Waals surface area contributed by atoms with E-state index in [1.807, 2.05) is 36.4 Å². The van der Waals surface area contributed by atoms with Crippen LogP contribution in [0.5, 0.6) is 5.75 Å². The molecule has 3 rings (SSSR count). The predicted molar refractivity (Wildman–Crippen MR) is 108 cm³/mol. The molecule has 3 aromatic carbocycles. The van der Waals surface area contributed by atoms with Crippen molar-refractivity contribution in [2.45, 2.75) is 39.0 Å². The third-order valence-corrected chi connectivity index (χ3v) is 4.66. The molecule has 0 aliphatic rings. The van der Waals surface area contributed by atoms with Crippen molar-refractivity contribution >= 4 is 0 Å². The van der Waals surface area contributed by atoms with Crippen molar-refractivity contribution in [1.82, 2.24) is 5.32 Å². The van der Waals surface area contributed by atoms with Crippen LogP contribution in [0.4, 0.5) is 4.39 Å². The number of halogens is 1. The summed E-state index contributed by atoms with van der Waals surface area (Å²) in [5.41, 5.74) is 3.01. The molecule has 0 unspecified atom stereocenters. The number of aryl methyl sites for hydroxylation is 1. The van der Waals surface area contributed by atoms with Gasteiger partial charge in [0.1, 0.15) is 18.2 Å². The molecule has 0 heterocycles. The fourth-order valence-corrected chi connectivity index (χ4v) is 2.98. The maximum absolute atomic E-state index is 13.8. The van der Waals surface area contributed by atoms with Crippen LogP contribution in [-0.2, 0) is 19.6 Å². The van der Waals surface area contributed by atoms with E-state index < -0.39 is 0 Å². The Bertz CT molecular complexity index is 835. The highest BCUT2D eigenvalue weighted by atomic mass is 19.1. The minimum Gasteiger partial charge on any atom is -0.488 e. The normalized spacial score (nSPS) is 11.9. The average molecular weight is 363 g/mol. The first-order valence-electron chi connectivity index (χ1n) is 9.44. The Balaban J connectivity index is 1.52. The fraction of sp³-hybridized carbons (Fsp3) is 0.250. The van der Waals surface area contributed by atoms with Gasteiger partial charge in [0.05, 0.1) is 0 Å². The lowest BCUT2D eigenvalue weighted by atomic mass is 10.1. The van der Waals surface area contributed by atoms with Crippen molar-refractivity contribution in [3.05, 3.63) is 101 Å². The van der Waals surface area contributed by atoms with E-state index in [4.69, 9.17) is 4.74 Å². The number of para-hydroxylation sites is 1. The fourth-order valence-electron chi connectivity index (χ4n) is 2.98. The molecule has 27 heavy (non-hydrogen) atoms. The molecule has 0 saturated heterocycles. The first-order chi connectivity index (χ1) is 13.2. The molecule has 2 nitrogen and oxygen atoms in total. The molecule has 0 aliphatic heterocycles. The predicted octanol–water partition coefficient (Wildman–Crippen LogP) is 5.52. The lowest BCUT2D eigenvalue weighted by Crippen LogP contribution is -2.26. The van der Waals surface area contributed by atoms with Gasteiger partial charge in [-0.3, -0.25) is 0 Å². The van der Waals surface area contributed by atoms with Crippen molar-refractivity contribution in [1.29, 1.82) is 0 Å². The summed E-state index contributed by atoms with van der Waals surface area (Å²) >= 11 is 0. The van der Waals surface area contributed by atoms with E-state index >= 15 is 0 Å². The van der Waals surface area contributed by atoms with Crippen LogP contribution in [0, 0.1) is 5.82 Å². The summed E-state index contributed by atoms with van der Waals surface area (Å²) in [6, 6.07) is 25.6. The van der Waals surface area contributed by atoms with E-state index in [1.165, 1.54) is 11.6 Å². The van der Waals surface area contributed by atoms with Crippen molar-refractivity contribution < 1.29 is 9.13 Å². The molecule has 1 N–H and O–H groups in total. The van der Waals surface area contributed by atoms with Gasteiger partial charge in [0.25, 0.3) is 0 Å². The van der Waals surface area contributed by atoms with E-state index in [0.717, 1.165) is 30.7 Å². The molecule has 140 valence electrons. The summed E-state index contributed by atoms with van der Waals surface area (Å²) in [6.45, 7) is 3.16. The summed E-state index contributed by atoms with van der Waals surface area (Å²) in [7, 11) is 0. The van der Waals surface area contributed by atoms with Gasteiger partial charge in [-0.1, -0.05) is 66.7 Å². The lowest BCUT2D eigenvalue weighted by Gasteiger charge is -2.16. The second-order valence-electron chi connectivity index (χ2n) is 6.79. The van der Waals surface area contributed by atoms with E-state index in [-0.39, 0.29) is 12.4 Å². The minimum atomic E-state index is -0.234. The van der Waals surface area contributed by atoms with E-state index in [2.05, 4.69) is 36.5 Å². The number of ether oxygens (including phenoxy) is 1. The summed E-state index contributed by atoms with van der Waals surface area (Å²) in [4.78, 5) is 0. The monoisotopic (exact) mass is 363 g/mol.